The van der Waals surface area contributed by atoms with Crippen molar-refractivity contribution in [1.82, 2.24) is 10.2 Å². The van der Waals surface area contributed by atoms with Gasteiger partial charge in [-0.3, -0.25) is 4.79 Å². The number of nitrogens with zero attached hydrogens (tertiary/aromatic N) is 1. The van der Waals surface area contributed by atoms with E-state index in [1.54, 1.807) is 12.1 Å². The van der Waals surface area contributed by atoms with Crippen LogP contribution in [-0.2, 0) is 6.54 Å². The predicted molar refractivity (Wildman–Crippen MR) is 121 cm³/mol. The van der Waals surface area contributed by atoms with Gasteiger partial charge < -0.3 is 10.2 Å². The molecule has 3 nitrogen and oxygen atoms in total. The molecule has 30 heavy (non-hydrogen) atoms. The van der Waals surface area contributed by atoms with Gasteiger partial charge in [0.25, 0.3) is 5.91 Å². The molecule has 0 aliphatic rings. The summed E-state index contributed by atoms with van der Waals surface area (Å²) in [6, 6.07) is 24.3. The summed E-state index contributed by atoms with van der Waals surface area (Å²) < 4.78 is 13.1. The molecule has 0 saturated carbocycles. The van der Waals surface area contributed by atoms with Crippen LogP contribution in [0, 0.1) is 11.7 Å². The lowest BCUT2D eigenvalue weighted by molar-refractivity contribution is 0.0688. The largest absolute Gasteiger partial charge is 0.337 e. The second-order valence-corrected chi connectivity index (χ2v) is 7.90. The minimum absolute atomic E-state index is 0.0109. The van der Waals surface area contributed by atoms with E-state index in [-0.39, 0.29) is 23.7 Å². The Kier molecular flexibility index (Phi) is 7.36. The van der Waals surface area contributed by atoms with Crippen LogP contribution >= 0.6 is 0 Å². The van der Waals surface area contributed by atoms with E-state index < -0.39 is 0 Å². The van der Waals surface area contributed by atoms with E-state index in [4.69, 9.17) is 0 Å². The number of carbonyl (C=O) groups is 1. The van der Waals surface area contributed by atoms with Crippen molar-refractivity contribution in [2.45, 2.75) is 26.4 Å². The summed E-state index contributed by atoms with van der Waals surface area (Å²) in [6.07, 6.45) is 0. The van der Waals surface area contributed by atoms with E-state index >= 15 is 0 Å². The number of carbonyl (C=O) groups excluding carboxylic acids is 1. The molecule has 1 atom stereocenters. The van der Waals surface area contributed by atoms with Crippen molar-refractivity contribution in [3.8, 4) is 11.1 Å². The Bertz CT molecular complexity index is 954. The molecule has 0 saturated heterocycles. The Morgan fingerprint density at radius 2 is 1.57 bits per heavy atom. The zero-order valence-electron chi connectivity index (χ0n) is 17.8. The fraction of sp³-hybridized carbons (Fsp3) is 0.269. The first-order valence-corrected chi connectivity index (χ1v) is 10.3. The highest BCUT2D eigenvalue weighted by atomic mass is 19.1. The molecular weight excluding hydrogens is 375 g/mol. The van der Waals surface area contributed by atoms with Crippen molar-refractivity contribution in [3.63, 3.8) is 0 Å². The smallest absolute Gasteiger partial charge is 0.254 e. The number of likely N-dealkylation sites (N-methyl/N-ethyl adjacent to an activating group) is 1. The minimum Gasteiger partial charge on any atom is -0.337 e. The zero-order chi connectivity index (χ0) is 21.5. The summed E-state index contributed by atoms with van der Waals surface area (Å²) in [5.41, 5.74) is 3.69. The average Bonchev–Trinajstić information content (AvgIpc) is 2.77. The normalized spacial score (nSPS) is 12.0. The van der Waals surface area contributed by atoms with Gasteiger partial charge in [-0.05, 0) is 40.8 Å². The maximum atomic E-state index is 13.4. The molecule has 0 heterocycles. The Hall–Kier alpha value is -2.98. The molecular formula is C26H29FN2O. The van der Waals surface area contributed by atoms with Crippen molar-refractivity contribution in [2.24, 2.45) is 5.92 Å². The van der Waals surface area contributed by atoms with Gasteiger partial charge in [0.15, 0.2) is 0 Å². The van der Waals surface area contributed by atoms with Crippen LogP contribution in [0.4, 0.5) is 4.39 Å². The lowest BCUT2D eigenvalue weighted by atomic mass is 9.97. The highest BCUT2D eigenvalue weighted by Gasteiger charge is 2.25. The van der Waals surface area contributed by atoms with E-state index in [0.717, 1.165) is 16.7 Å². The molecule has 0 spiro atoms. The minimum atomic E-state index is -0.235. The van der Waals surface area contributed by atoms with Crippen LogP contribution in [0.25, 0.3) is 11.1 Å². The van der Waals surface area contributed by atoms with Crippen molar-refractivity contribution in [2.75, 3.05) is 13.6 Å². The van der Waals surface area contributed by atoms with Gasteiger partial charge in [0.05, 0.1) is 0 Å². The summed E-state index contributed by atoms with van der Waals surface area (Å²) in [7, 11) is 1.87. The van der Waals surface area contributed by atoms with Gasteiger partial charge in [0, 0.05) is 31.7 Å². The van der Waals surface area contributed by atoms with Crippen LogP contribution < -0.4 is 5.32 Å². The van der Waals surface area contributed by atoms with Crippen LogP contribution in [0.15, 0.2) is 78.9 Å². The molecule has 0 aromatic heterocycles. The Morgan fingerprint density at radius 1 is 0.933 bits per heavy atom. The summed E-state index contributed by atoms with van der Waals surface area (Å²) in [5, 5.41) is 3.42. The monoisotopic (exact) mass is 404 g/mol. The van der Waals surface area contributed by atoms with Crippen LogP contribution in [0.1, 0.15) is 29.8 Å². The second-order valence-electron chi connectivity index (χ2n) is 7.90. The van der Waals surface area contributed by atoms with Crippen LogP contribution in [0.3, 0.4) is 0 Å². The number of nitrogens with one attached hydrogen (secondary N) is 1. The first-order chi connectivity index (χ1) is 14.5. The standard InChI is InChI=1S/C26H29FN2O/c1-19(2)25(18-28-17-20-13-15-22(27)16-14-20)29(3)26(30)24-12-8-7-11-23(24)21-9-5-4-6-10-21/h4-16,19,25,28H,17-18H2,1-3H3/t25-/m1/s1. The average molecular weight is 405 g/mol. The first kappa shape index (κ1) is 21.7. The molecule has 0 bridgehead atoms. The molecule has 3 aromatic carbocycles. The van der Waals surface area contributed by atoms with Crippen molar-refractivity contribution >= 4 is 5.91 Å². The van der Waals surface area contributed by atoms with Crippen LogP contribution in [0.5, 0.6) is 0 Å². The van der Waals surface area contributed by atoms with Crippen molar-refractivity contribution in [3.05, 3.63) is 95.8 Å². The van der Waals surface area contributed by atoms with E-state index in [0.29, 0.717) is 18.7 Å². The van der Waals surface area contributed by atoms with Gasteiger partial charge in [-0.1, -0.05) is 74.5 Å². The van der Waals surface area contributed by atoms with Gasteiger partial charge in [-0.15, -0.1) is 0 Å². The molecule has 1 N–H and O–H groups in total. The SMILES string of the molecule is CC(C)[C@@H](CNCc1ccc(F)cc1)N(C)C(=O)c1ccccc1-c1ccccc1. The van der Waals surface area contributed by atoms with E-state index in [9.17, 15) is 9.18 Å². The summed E-state index contributed by atoms with van der Waals surface area (Å²) in [6.45, 7) is 5.53. The maximum Gasteiger partial charge on any atom is 0.254 e. The third kappa shape index (κ3) is 5.33. The number of hydrogen-bond acceptors (Lipinski definition) is 2. The Labute approximate surface area is 178 Å². The fourth-order valence-electron chi connectivity index (χ4n) is 3.67. The molecule has 0 aliphatic carbocycles. The fourth-order valence-corrected chi connectivity index (χ4v) is 3.67. The molecule has 0 radical (unpaired) electrons. The molecule has 0 fully saturated rings. The molecule has 4 heteroatoms. The molecule has 3 rings (SSSR count). The lowest BCUT2D eigenvalue weighted by Crippen LogP contribution is -2.46. The molecule has 3 aromatic rings. The quantitative estimate of drug-likeness (QED) is 0.547. The number of benzene rings is 3. The molecule has 0 unspecified atom stereocenters. The topological polar surface area (TPSA) is 32.3 Å². The second kappa shape index (κ2) is 10.2. The van der Waals surface area contributed by atoms with Gasteiger partial charge in [-0.25, -0.2) is 4.39 Å². The lowest BCUT2D eigenvalue weighted by Gasteiger charge is -2.32. The third-order valence-electron chi connectivity index (χ3n) is 5.43. The van der Waals surface area contributed by atoms with Crippen molar-refractivity contribution in [1.29, 1.82) is 0 Å². The first-order valence-electron chi connectivity index (χ1n) is 10.3. The van der Waals surface area contributed by atoms with E-state index in [1.165, 1.54) is 12.1 Å². The van der Waals surface area contributed by atoms with E-state index in [1.807, 2.05) is 66.5 Å². The van der Waals surface area contributed by atoms with Gasteiger partial charge >= 0.3 is 0 Å². The molecule has 0 aliphatic heterocycles. The summed E-state index contributed by atoms with van der Waals surface area (Å²) in [5.74, 6) is 0.0570. The number of halogens is 1. The Balaban J connectivity index is 1.73. The van der Waals surface area contributed by atoms with Gasteiger partial charge in [0.1, 0.15) is 5.82 Å². The Morgan fingerprint density at radius 3 is 2.23 bits per heavy atom. The van der Waals surface area contributed by atoms with Crippen LogP contribution in [-0.4, -0.2) is 30.4 Å². The van der Waals surface area contributed by atoms with E-state index in [2.05, 4.69) is 19.2 Å². The van der Waals surface area contributed by atoms with Crippen molar-refractivity contribution < 1.29 is 9.18 Å². The maximum absolute atomic E-state index is 13.4. The van der Waals surface area contributed by atoms with Gasteiger partial charge in [0.2, 0.25) is 0 Å². The summed E-state index contributed by atoms with van der Waals surface area (Å²) >= 11 is 0. The highest BCUT2D eigenvalue weighted by Crippen LogP contribution is 2.25. The number of rotatable bonds is 8. The molecule has 156 valence electrons. The third-order valence-corrected chi connectivity index (χ3v) is 5.43. The number of hydrogen-bond donors (Lipinski definition) is 1. The predicted octanol–water partition coefficient (Wildman–Crippen LogP) is 5.38. The molecule has 1 amide bonds. The summed E-state index contributed by atoms with van der Waals surface area (Å²) in [4.78, 5) is 15.2. The van der Waals surface area contributed by atoms with Crippen LogP contribution in [0.2, 0.25) is 0 Å². The zero-order valence-corrected chi connectivity index (χ0v) is 17.8. The van der Waals surface area contributed by atoms with Gasteiger partial charge in [-0.2, -0.15) is 0 Å². The highest BCUT2D eigenvalue weighted by molar-refractivity contribution is 6.00. The number of amides is 1.